The standard InChI is InChI=1S/C22H28N2O5/c1-14(23-21(27)29-22(2,3)4)19(25)24-18(20(26)28-5)13-16-11-8-10-15-9-6-7-12-17(15)16/h6-12,14,18H,13H2,1-5H3,(H,23,27)(H,24,25)/t14-,18-/m0/s1. The summed E-state index contributed by atoms with van der Waals surface area (Å²) in [5.74, 6) is -1.07. The Bertz CT molecular complexity index is 883. The molecule has 0 aromatic heterocycles. The number of benzene rings is 2. The number of carbonyl (C=O) groups excluding carboxylic acids is 3. The van der Waals surface area contributed by atoms with Crippen molar-refractivity contribution in [2.75, 3.05) is 7.11 Å². The summed E-state index contributed by atoms with van der Waals surface area (Å²) < 4.78 is 10.0. The maximum absolute atomic E-state index is 12.5. The zero-order valence-corrected chi connectivity index (χ0v) is 17.4. The van der Waals surface area contributed by atoms with Crippen LogP contribution in [0.5, 0.6) is 0 Å². The minimum Gasteiger partial charge on any atom is -0.467 e. The first-order chi connectivity index (χ1) is 13.6. The van der Waals surface area contributed by atoms with Crippen molar-refractivity contribution in [3.05, 3.63) is 48.0 Å². The predicted octanol–water partition coefficient (Wildman–Crippen LogP) is 2.95. The van der Waals surface area contributed by atoms with Crippen LogP contribution >= 0.6 is 0 Å². The van der Waals surface area contributed by atoms with Crippen LogP contribution in [0.1, 0.15) is 33.3 Å². The Hall–Kier alpha value is -3.09. The number of nitrogens with one attached hydrogen (secondary N) is 2. The van der Waals surface area contributed by atoms with Gasteiger partial charge in [-0.2, -0.15) is 0 Å². The van der Waals surface area contributed by atoms with Crippen molar-refractivity contribution < 1.29 is 23.9 Å². The highest BCUT2D eigenvalue weighted by Gasteiger charge is 2.27. The molecule has 0 aliphatic rings. The van der Waals surface area contributed by atoms with Crippen LogP contribution in [0.15, 0.2) is 42.5 Å². The lowest BCUT2D eigenvalue weighted by Gasteiger charge is -2.23. The molecule has 2 atom stereocenters. The van der Waals surface area contributed by atoms with Crippen molar-refractivity contribution in [3.63, 3.8) is 0 Å². The number of amides is 2. The van der Waals surface area contributed by atoms with E-state index < -0.39 is 35.7 Å². The van der Waals surface area contributed by atoms with E-state index in [1.165, 1.54) is 14.0 Å². The minimum absolute atomic E-state index is 0.263. The molecular formula is C22H28N2O5. The van der Waals surface area contributed by atoms with Crippen LogP contribution in [0.2, 0.25) is 0 Å². The molecule has 7 heteroatoms. The van der Waals surface area contributed by atoms with Crippen LogP contribution in [0.4, 0.5) is 4.79 Å². The number of esters is 1. The van der Waals surface area contributed by atoms with Crippen molar-refractivity contribution in [3.8, 4) is 0 Å². The Balaban J connectivity index is 2.11. The molecule has 0 aliphatic carbocycles. The number of alkyl carbamates (subject to hydrolysis) is 1. The average Bonchev–Trinajstić information content (AvgIpc) is 2.65. The van der Waals surface area contributed by atoms with Gasteiger partial charge in [-0.15, -0.1) is 0 Å². The Morgan fingerprint density at radius 2 is 1.66 bits per heavy atom. The topological polar surface area (TPSA) is 93.7 Å². The monoisotopic (exact) mass is 400 g/mol. The normalized spacial score (nSPS) is 13.3. The third-order valence-electron chi connectivity index (χ3n) is 4.23. The molecule has 0 saturated carbocycles. The summed E-state index contributed by atoms with van der Waals surface area (Å²) in [7, 11) is 1.27. The quantitative estimate of drug-likeness (QED) is 0.727. The van der Waals surface area contributed by atoms with Gasteiger partial charge in [0.05, 0.1) is 7.11 Å². The van der Waals surface area contributed by atoms with E-state index in [2.05, 4.69) is 10.6 Å². The van der Waals surface area contributed by atoms with Crippen molar-refractivity contribution in [1.82, 2.24) is 10.6 Å². The van der Waals surface area contributed by atoms with E-state index in [4.69, 9.17) is 9.47 Å². The zero-order valence-electron chi connectivity index (χ0n) is 17.4. The van der Waals surface area contributed by atoms with Gasteiger partial charge in [0.25, 0.3) is 0 Å². The first kappa shape index (κ1) is 22.2. The summed E-state index contributed by atoms with van der Waals surface area (Å²) in [5.41, 5.74) is 0.231. The first-order valence-electron chi connectivity index (χ1n) is 9.45. The largest absolute Gasteiger partial charge is 0.467 e. The van der Waals surface area contributed by atoms with E-state index in [9.17, 15) is 14.4 Å². The van der Waals surface area contributed by atoms with Crippen molar-refractivity contribution in [2.24, 2.45) is 0 Å². The smallest absolute Gasteiger partial charge is 0.408 e. The molecule has 0 unspecified atom stereocenters. The minimum atomic E-state index is -0.888. The fourth-order valence-electron chi connectivity index (χ4n) is 2.87. The molecule has 0 saturated heterocycles. The number of fused-ring (bicyclic) bond motifs is 1. The second-order valence-electron chi connectivity index (χ2n) is 7.79. The number of methoxy groups -OCH3 is 1. The number of hydrogen-bond acceptors (Lipinski definition) is 5. The SMILES string of the molecule is COC(=O)[C@H](Cc1cccc2ccccc12)NC(=O)[C@H](C)NC(=O)OC(C)(C)C. The molecule has 0 spiro atoms. The third-order valence-corrected chi connectivity index (χ3v) is 4.23. The van der Waals surface area contributed by atoms with E-state index in [1.807, 2.05) is 42.5 Å². The molecule has 2 rings (SSSR count). The summed E-state index contributed by atoms with van der Waals surface area (Å²) in [5, 5.41) is 7.17. The summed E-state index contributed by atoms with van der Waals surface area (Å²) in [6, 6.07) is 11.8. The highest BCUT2D eigenvalue weighted by atomic mass is 16.6. The van der Waals surface area contributed by atoms with E-state index in [0.717, 1.165) is 16.3 Å². The molecule has 7 nitrogen and oxygen atoms in total. The molecule has 156 valence electrons. The van der Waals surface area contributed by atoms with E-state index >= 15 is 0 Å². The van der Waals surface area contributed by atoms with Gasteiger partial charge in [-0.25, -0.2) is 9.59 Å². The third kappa shape index (κ3) is 6.48. The van der Waals surface area contributed by atoms with Gasteiger partial charge in [-0.1, -0.05) is 42.5 Å². The lowest BCUT2D eigenvalue weighted by molar-refractivity contribution is -0.145. The fraction of sp³-hybridized carbons (Fsp3) is 0.409. The van der Waals surface area contributed by atoms with Crippen LogP contribution in [0.3, 0.4) is 0 Å². The highest BCUT2D eigenvalue weighted by Crippen LogP contribution is 2.20. The lowest BCUT2D eigenvalue weighted by atomic mass is 9.98. The summed E-state index contributed by atoms with van der Waals surface area (Å²) in [6.07, 6.45) is -0.442. The van der Waals surface area contributed by atoms with Crippen LogP contribution in [-0.2, 0) is 25.5 Å². The van der Waals surface area contributed by atoms with Gasteiger partial charge < -0.3 is 20.1 Å². The van der Waals surface area contributed by atoms with Crippen LogP contribution < -0.4 is 10.6 Å². The molecule has 0 radical (unpaired) electrons. The molecule has 0 bridgehead atoms. The number of rotatable bonds is 6. The first-order valence-corrected chi connectivity index (χ1v) is 9.45. The number of carbonyl (C=O) groups is 3. The zero-order chi connectivity index (χ0) is 21.6. The Kier molecular flexibility index (Phi) is 7.20. The van der Waals surface area contributed by atoms with Gasteiger partial charge in [0.15, 0.2) is 0 Å². The number of hydrogen-bond donors (Lipinski definition) is 2. The number of ether oxygens (including phenoxy) is 2. The maximum Gasteiger partial charge on any atom is 0.408 e. The second-order valence-corrected chi connectivity index (χ2v) is 7.79. The Morgan fingerprint density at radius 3 is 2.31 bits per heavy atom. The van der Waals surface area contributed by atoms with Gasteiger partial charge in [-0.05, 0) is 44.0 Å². The molecule has 0 fully saturated rings. The molecule has 2 amide bonds. The molecule has 2 aromatic carbocycles. The van der Waals surface area contributed by atoms with Gasteiger partial charge in [0.1, 0.15) is 17.7 Å². The Labute approximate surface area is 170 Å². The second kappa shape index (κ2) is 9.41. The molecule has 2 N–H and O–H groups in total. The van der Waals surface area contributed by atoms with Gasteiger partial charge in [-0.3, -0.25) is 4.79 Å². The van der Waals surface area contributed by atoms with E-state index in [0.29, 0.717) is 0 Å². The Morgan fingerprint density at radius 1 is 1.00 bits per heavy atom. The van der Waals surface area contributed by atoms with Crippen LogP contribution in [0.25, 0.3) is 10.8 Å². The van der Waals surface area contributed by atoms with Gasteiger partial charge >= 0.3 is 12.1 Å². The van der Waals surface area contributed by atoms with E-state index in [-0.39, 0.29) is 6.42 Å². The van der Waals surface area contributed by atoms with Crippen molar-refractivity contribution >= 4 is 28.7 Å². The van der Waals surface area contributed by atoms with Crippen molar-refractivity contribution in [2.45, 2.75) is 51.8 Å². The summed E-state index contributed by atoms with van der Waals surface area (Å²) >= 11 is 0. The highest BCUT2D eigenvalue weighted by molar-refractivity contribution is 5.90. The fourth-order valence-corrected chi connectivity index (χ4v) is 2.87. The van der Waals surface area contributed by atoms with Gasteiger partial charge in [0.2, 0.25) is 5.91 Å². The van der Waals surface area contributed by atoms with Gasteiger partial charge in [0, 0.05) is 6.42 Å². The maximum atomic E-state index is 12.5. The predicted molar refractivity (Wildman–Crippen MR) is 110 cm³/mol. The molecule has 2 aromatic rings. The van der Waals surface area contributed by atoms with Crippen LogP contribution in [0, 0.1) is 0 Å². The van der Waals surface area contributed by atoms with Crippen LogP contribution in [-0.4, -0.2) is 42.8 Å². The van der Waals surface area contributed by atoms with E-state index in [1.54, 1.807) is 20.8 Å². The lowest BCUT2D eigenvalue weighted by Crippen LogP contribution is -2.52. The molecule has 0 aliphatic heterocycles. The summed E-state index contributed by atoms with van der Waals surface area (Å²) in [6.45, 7) is 6.71. The molecule has 0 heterocycles. The molecular weight excluding hydrogens is 372 g/mol. The average molecular weight is 400 g/mol. The summed E-state index contributed by atoms with van der Waals surface area (Å²) in [4.78, 5) is 36.7. The van der Waals surface area contributed by atoms with Crippen molar-refractivity contribution in [1.29, 1.82) is 0 Å². The molecule has 29 heavy (non-hydrogen) atoms.